The smallest absolute Gasteiger partial charge is 0.160 e. The fourth-order valence-electron chi connectivity index (χ4n) is 8.10. The summed E-state index contributed by atoms with van der Waals surface area (Å²) in [5.41, 5.74) is 14.3. The van der Waals surface area contributed by atoms with Gasteiger partial charge in [-0.15, -0.1) is 0 Å². The minimum Gasteiger partial charge on any atom is -0.245 e. The summed E-state index contributed by atoms with van der Waals surface area (Å²) in [7, 11) is 0. The van der Waals surface area contributed by atoms with Crippen LogP contribution < -0.4 is 0 Å². The number of para-hydroxylation sites is 1. The van der Waals surface area contributed by atoms with E-state index in [4.69, 9.17) is 19.9 Å². The van der Waals surface area contributed by atoms with Gasteiger partial charge in [0.25, 0.3) is 0 Å². The second-order valence-electron chi connectivity index (χ2n) is 14.6. The summed E-state index contributed by atoms with van der Waals surface area (Å²) >= 11 is 0. The first-order chi connectivity index (χ1) is 28.7. The van der Waals surface area contributed by atoms with E-state index in [2.05, 4.69) is 182 Å². The van der Waals surface area contributed by atoms with E-state index in [9.17, 15) is 0 Å². The summed E-state index contributed by atoms with van der Waals surface area (Å²) in [5.74, 6) is 0.698. The summed E-state index contributed by atoms with van der Waals surface area (Å²) in [5, 5.41) is 5.56. The van der Waals surface area contributed by atoms with Crippen LogP contribution in [0.2, 0.25) is 0 Å². The maximum atomic E-state index is 5.31. The molecule has 3 heterocycles. The summed E-state index contributed by atoms with van der Waals surface area (Å²) in [6, 6.07) is 72.1. The van der Waals surface area contributed by atoms with Gasteiger partial charge in [0.15, 0.2) is 5.82 Å². The Balaban J connectivity index is 0.985. The first kappa shape index (κ1) is 33.5. The highest BCUT2D eigenvalue weighted by Crippen LogP contribution is 2.38. The molecule has 0 amide bonds. The molecule has 0 aliphatic carbocycles. The van der Waals surface area contributed by atoms with Crippen LogP contribution in [0.1, 0.15) is 0 Å². The maximum absolute atomic E-state index is 5.31. The normalized spacial score (nSPS) is 11.4. The van der Waals surface area contributed by atoms with Crippen LogP contribution in [-0.4, -0.2) is 19.9 Å². The highest BCUT2D eigenvalue weighted by atomic mass is 14.9. The lowest BCUT2D eigenvalue weighted by Crippen LogP contribution is -1.96. The lowest BCUT2D eigenvalue weighted by Gasteiger charge is -2.13. The summed E-state index contributed by atoms with van der Waals surface area (Å²) in [6.45, 7) is 0. The lowest BCUT2D eigenvalue weighted by atomic mass is 9.95. The third-order valence-corrected chi connectivity index (χ3v) is 11.1. The van der Waals surface area contributed by atoms with Crippen LogP contribution >= 0.6 is 0 Å². The zero-order valence-corrected chi connectivity index (χ0v) is 31.4. The van der Waals surface area contributed by atoms with E-state index in [-0.39, 0.29) is 0 Å². The van der Waals surface area contributed by atoms with Gasteiger partial charge in [-0.25, -0.2) is 19.9 Å². The Morgan fingerprint density at radius 1 is 0.259 bits per heavy atom. The summed E-state index contributed by atoms with van der Waals surface area (Å²) in [4.78, 5) is 20.7. The van der Waals surface area contributed by atoms with Gasteiger partial charge in [0.05, 0.1) is 33.6 Å². The number of hydrogen-bond donors (Lipinski definition) is 0. The van der Waals surface area contributed by atoms with Gasteiger partial charge in [-0.3, -0.25) is 0 Å². The van der Waals surface area contributed by atoms with Crippen LogP contribution in [0.3, 0.4) is 0 Å². The molecule has 4 nitrogen and oxygen atoms in total. The molecule has 0 aliphatic heterocycles. The molecule has 0 N–H and O–H groups in total. The predicted molar refractivity (Wildman–Crippen MR) is 240 cm³/mol. The molecule has 0 bridgehead atoms. The van der Waals surface area contributed by atoms with Gasteiger partial charge in [0.1, 0.15) is 0 Å². The average Bonchev–Trinajstić information content (AvgIpc) is 3.31. The molecule has 0 spiro atoms. The number of hydrogen-bond acceptors (Lipinski definition) is 4. The SMILES string of the molecule is c1ccc(-c2ccc(-c3cc(-c4ccc5cc(-c6ccc7ccc8c(-c9ccccc9)c9ccccc9nc8c7n6)ccc5c4)nc(-c4ccccc4)n3)cc2)cc1. The van der Waals surface area contributed by atoms with Crippen LogP contribution in [0.4, 0.5) is 0 Å². The molecule has 11 rings (SSSR count). The second-order valence-corrected chi connectivity index (χ2v) is 14.6. The van der Waals surface area contributed by atoms with Gasteiger partial charge >= 0.3 is 0 Å². The van der Waals surface area contributed by atoms with Gasteiger partial charge < -0.3 is 0 Å². The molecule has 0 saturated carbocycles. The molecular formula is C54H34N4. The second kappa shape index (κ2) is 14.0. The topological polar surface area (TPSA) is 51.6 Å². The molecule has 11 aromatic rings. The van der Waals surface area contributed by atoms with Crippen molar-refractivity contribution in [1.82, 2.24) is 19.9 Å². The molecule has 0 aliphatic rings. The van der Waals surface area contributed by atoms with E-state index in [1.54, 1.807) is 0 Å². The van der Waals surface area contributed by atoms with E-state index < -0.39 is 0 Å². The third kappa shape index (κ3) is 6.05. The van der Waals surface area contributed by atoms with Gasteiger partial charge in [-0.1, -0.05) is 176 Å². The van der Waals surface area contributed by atoms with Crippen LogP contribution in [0.25, 0.3) is 111 Å². The minimum absolute atomic E-state index is 0.698. The standard InChI is InChI=1S/C54H34N4/c1-4-12-35(13-5-1)36-20-22-37(23-21-36)49-34-50(58-54(57-49)40-16-8-3-9-17-40)44-27-25-41-32-43(26-24-42(41)33-44)47-31-29-39-28-30-46-51(38-14-6-2-7-15-38)45-18-10-11-19-48(45)56-53(46)52(39)55-47/h1-34H. The fourth-order valence-corrected chi connectivity index (χ4v) is 8.10. The number of aromatic nitrogens is 4. The van der Waals surface area contributed by atoms with Crippen molar-refractivity contribution in [2.24, 2.45) is 0 Å². The van der Waals surface area contributed by atoms with E-state index in [1.165, 1.54) is 22.3 Å². The highest BCUT2D eigenvalue weighted by Gasteiger charge is 2.16. The zero-order valence-electron chi connectivity index (χ0n) is 31.4. The molecule has 0 fully saturated rings. The van der Waals surface area contributed by atoms with Crippen LogP contribution in [0.5, 0.6) is 0 Å². The molecule has 4 heteroatoms. The van der Waals surface area contributed by atoms with Gasteiger partial charge in [-0.05, 0) is 57.8 Å². The number of benzene rings is 8. The van der Waals surface area contributed by atoms with Gasteiger partial charge in [0.2, 0.25) is 0 Å². The fraction of sp³-hybridized carbons (Fsp3) is 0. The Morgan fingerprint density at radius 2 is 0.776 bits per heavy atom. The van der Waals surface area contributed by atoms with Gasteiger partial charge in [0, 0.05) is 44.0 Å². The molecule has 3 aromatic heterocycles. The molecule has 0 saturated heterocycles. The maximum Gasteiger partial charge on any atom is 0.160 e. The lowest BCUT2D eigenvalue weighted by molar-refractivity contribution is 1.18. The minimum atomic E-state index is 0.698. The summed E-state index contributed by atoms with van der Waals surface area (Å²) in [6.07, 6.45) is 0. The number of pyridine rings is 2. The van der Waals surface area contributed by atoms with Crippen molar-refractivity contribution in [3.8, 4) is 67.4 Å². The van der Waals surface area contributed by atoms with Crippen molar-refractivity contribution in [2.45, 2.75) is 0 Å². The average molecular weight is 739 g/mol. The molecule has 270 valence electrons. The van der Waals surface area contributed by atoms with Crippen LogP contribution in [0, 0.1) is 0 Å². The molecule has 0 unspecified atom stereocenters. The monoisotopic (exact) mass is 738 g/mol. The van der Waals surface area contributed by atoms with E-state index in [1.807, 2.05) is 24.3 Å². The highest BCUT2D eigenvalue weighted by molar-refractivity contribution is 6.16. The Morgan fingerprint density at radius 3 is 1.48 bits per heavy atom. The number of fused-ring (bicyclic) bond motifs is 5. The van der Waals surface area contributed by atoms with E-state index >= 15 is 0 Å². The van der Waals surface area contributed by atoms with Gasteiger partial charge in [-0.2, -0.15) is 0 Å². The number of nitrogens with zero attached hydrogens (tertiary/aromatic N) is 4. The van der Waals surface area contributed by atoms with Crippen LogP contribution in [-0.2, 0) is 0 Å². The first-order valence-electron chi connectivity index (χ1n) is 19.5. The predicted octanol–water partition coefficient (Wildman–Crippen LogP) is 13.9. The van der Waals surface area contributed by atoms with Crippen molar-refractivity contribution in [2.75, 3.05) is 0 Å². The zero-order chi connectivity index (χ0) is 38.4. The van der Waals surface area contributed by atoms with Crippen molar-refractivity contribution in [3.63, 3.8) is 0 Å². The third-order valence-electron chi connectivity index (χ3n) is 11.1. The largest absolute Gasteiger partial charge is 0.245 e. The molecule has 0 atom stereocenters. The Labute approximate surface area is 335 Å². The van der Waals surface area contributed by atoms with Crippen molar-refractivity contribution in [3.05, 3.63) is 206 Å². The van der Waals surface area contributed by atoms with E-state index in [0.717, 1.165) is 82.8 Å². The Bertz CT molecular complexity index is 3310. The van der Waals surface area contributed by atoms with E-state index in [0.29, 0.717) is 5.82 Å². The van der Waals surface area contributed by atoms with Crippen molar-refractivity contribution >= 4 is 43.5 Å². The molecule has 58 heavy (non-hydrogen) atoms. The summed E-state index contributed by atoms with van der Waals surface area (Å²) < 4.78 is 0. The number of rotatable bonds is 6. The molecular weight excluding hydrogens is 705 g/mol. The first-order valence-corrected chi connectivity index (χ1v) is 19.5. The van der Waals surface area contributed by atoms with Crippen molar-refractivity contribution in [1.29, 1.82) is 0 Å². The molecule has 0 radical (unpaired) electrons. The molecule has 8 aromatic carbocycles. The van der Waals surface area contributed by atoms with Crippen molar-refractivity contribution < 1.29 is 0 Å². The quantitative estimate of drug-likeness (QED) is 0.126. The van der Waals surface area contributed by atoms with Crippen LogP contribution in [0.15, 0.2) is 206 Å². The Kier molecular flexibility index (Phi) is 8.11. The Hall–Kier alpha value is -7.82.